The van der Waals surface area contributed by atoms with E-state index in [0.29, 0.717) is 12.5 Å². The molecule has 0 fully saturated rings. The third-order valence-electron chi connectivity index (χ3n) is 4.73. The molecule has 0 aliphatic heterocycles. The van der Waals surface area contributed by atoms with Gasteiger partial charge in [-0.2, -0.15) is 0 Å². The predicted octanol–water partition coefficient (Wildman–Crippen LogP) is 5.45. The van der Waals surface area contributed by atoms with E-state index in [4.69, 9.17) is 0 Å². The summed E-state index contributed by atoms with van der Waals surface area (Å²) in [5.74, 6) is 0.487. The first-order valence-electron chi connectivity index (χ1n) is 9.80. The first-order valence-corrected chi connectivity index (χ1v) is 9.80. The van der Waals surface area contributed by atoms with Gasteiger partial charge in [0.05, 0.1) is 6.54 Å². The highest BCUT2D eigenvalue weighted by Gasteiger charge is 2.13. The minimum absolute atomic E-state index is 0.00385. The SMILES string of the molecule is CC(C)c1ccc(NC(=O)CN(Cc2ccccc2)Cc2ccccc2)cc1. The molecule has 1 amide bonds. The Balaban J connectivity index is 1.66. The summed E-state index contributed by atoms with van der Waals surface area (Å²) in [6.45, 7) is 6.14. The predicted molar refractivity (Wildman–Crippen MR) is 116 cm³/mol. The lowest BCUT2D eigenvalue weighted by molar-refractivity contribution is -0.117. The topological polar surface area (TPSA) is 32.3 Å². The van der Waals surface area contributed by atoms with E-state index in [1.165, 1.54) is 16.7 Å². The van der Waals surface area contributed by atoms with Crippen LogP contribution < -0.4 is 5.32 Å². The van der Waals surface area contributed by atoms with E-state index >= 15 is 0 Å². The van der Waals surface area contributed by atoms with Gasteiger partial charge in [-0.3, -0.25) is 9.69 Å². The molecule has 0 aliphatic rings. The van der Waals surface area contributed by atoms with Gasteiger partial charge < -0.3 is 5.32 Å². The zero-order valence-corrected chi connectivity index (χ0v) is 16.6. The van der Waals surface area contributed by atoms with Gasteiger partial charge in [0.25, 0.3) is 0 Å². The Bertz CT molecular complexity index is 817. The molecule has 0 aromatic heterocycles. The van der Waals surface area contributed by atoms with Crippen molar-refractivity contribution in [2.24, 2.45) is 0 Å². The van der Waals surface area contributed by atoms with Crippen LogP contribution in [0.15, 0.2) is 84.9 Å². The lowest BCUT2D eigenvalue weighted by Crippen LogP contribution is -2.32. The molecule has 0 unspecified atom stereocenters. The lowest BCUT2D eigenvalue weighted by atomic mass is 10.0. The summed E-state index contributed by atoms with van der Waals surface area (Å²) >= 11 is 0. The van der Waals surface area contributed by atoms with Gasteiger partial charge in [0.1, 0.15) is 0 Å². The highest BCUT2D eigenvalue weighted by Crippen LogP contribution is 2.17. The van der Waals surface area contributed by atoms with Crippen molar-refractivity contribution in [3.05, 3.63) is 102 Å². The molecular weight excluding hydrogens is 344 g/mol. The van der Waals surface area contributed by atoms with Crippen LogP contribution in [0.2, 0.25) is 0 Å². The summed E-state index contributed by atoms with van der Waals surface area (Å²) in [6.07, 6.45) is 0. The van der Waals surface area contributed by atoms with Crippen molar-refractivity contribution in [2.45, 2.75) is 32.9 Å². The van der Waals surface area contributed by atoms with E-state index in [2.05, 4.69) is 60.5 Å². The molecule has 3 heteroatoms. The molecule has 0 saturated carbocycles. The normalized spacial score (nSPS) is 11.0. The van der Waals surface area contributed by atoms with E-state index < -0.39 is 0 Å². The molecule has 3 aromatic carbocycles. The Labute approximate surface area is 168 Å². The molecule has 3 aromatic rings. The number of amides is 1. The van der Waals surface area contributed by atoms with Gasteiger partial charge in [-0.05, 0) is 34.7 Å². The number of anilines is 1. The third kappa shape index (κ3) is 6.07. The zero-order chi connectivity index (χ0) is 19.8. The zero-order valence-electron chi connectivity index (χ0n) is 16.6. The van der Waals surface area contributed by atoms with Crippen LogP contribution in [0.3, 0.4) is 0 Å². The number of hydrogen-bond donors (Lipinski definition) is 1. The van der Waals surface area contributed by atoms with Gasteiger partial charge in [0.2, 0.25) is 5.91 Å². The first-order chi connectivity index (χ1) is 13.6. The average Bonchev–Trinajstić information content (AvgIpc) is 2.70. The van der Waals surface area contributed by atoms with Crippen molar-refractivity contribution in [1.82, 2.24) is 4.90 Å². The maximum Gasteiger partial charge on any atom is 0.238 e. The summed E-state index contributed by atoms with van der Waals surface area (Å²) in [5, 5.41) is 3.03. The second-order valence-electron chi connectivity index (χ2n) is 7.44. The fraction of sp³-hybridized carbons (Fsp3) is 0.240. The summed E-state index contributed by atoms with van der Waals surface area (Å²) in [4.78, 5) is 14.8. The minimum Gasteiger partial charge on any atom is -0.325 e. The Hall–Kier alpha value is -2.91. The molecular formula is C25H28N2O. The van der Waals surface area contributed by atoms with E-state index in [1.54, 1.807) is 0 Å². The summed E-state index contributed by atoms with van der Waals surface area (Å²) in [6, 6.07) is 28.7. The van der Waals surface area contributed by atoms with Gasteiger partial charge in [-0.15, -0.1) is 0 Å². The van der Waals surface area contributed by atoms with Crippen molar-refractivity contribution < 1.29 is 4.79 Å². The number of carbonyl (C=O) groups is 1. The van der Waals surface area contributed by atoms with Crippen molar-refractivity contribution in [1.29, 1.82) is 0 Å². The van der Waals surface area contributed by atoms with Gasteiger partial charge in [-0.1, -0.05) is 86.6 Å². The number of hydrogen-bond acceptors (Lipinski definition) is 2. The van der Waals surface area contributed by atoms with Crippen LogP contribution in [0, 0.1) is 0 Å². The van der Waals surface area contributed by atoms with Crippen LogP contribution in [0.25, 0.3) is 0 Å². The molecule has 1 N–H and O–H groups in total. The van der Waals surface area contributed by atoms with Crippen molar-refractivity contribution >= 4 is 11.6 Å². The number of nitrogens with zero attached hydrogens (tertiary/aromatic N) is 1. The quantitative estimate of drug-likeness (QED) is 0.570. The molecule has 0 saturated heterocycles. The smallest absolute Gasteiger partial charge is 0.238 e. The highest BCUT2D eigenvalue weighted by molar-refractivity contribution is 5.92. The number of benzene rings is 3. The van der Waals surface area contributed by atoms with E-state index in [-0.39, 0.29) is 5.91 Å². The molecule has 3 nitrogen and oxygen atoms in total. The van der Waals surface area contributed by atoms with E-state index in [9.17, 15) is 4.79 Å². The minimum atomic E-state index is 0.00385. The van der Waals surface area contributed by atoms with Crippen LogP contribution in [-0.2, 0) is 17.9 Å². The molecule has 144 valence electrons. The largest absolute Gasteiger partial charge is 0.325 e. The molecule has 28 heavy (non-hydrogen) atoms. The van der Waals surface area contributed by atoms with E-state index in [1.807, 2.05) is 48.5 Å². The first kappa shape index (κ1) is 19.8. The van der Waals surface area contributed by atoms with Gasteiger partial charge in [0, 0.05) is 18.8 Å². The summed E-state index contributed by atoms with van der Waals surface area (Å²) in [5.41, 5.74) is 4.52. The van der Waals surface area contributed by atoms with Crippen LogP contribution in [-0.4, -0.2) is 17.4 Å². The summed E-state index contributed by atoms with van der Waals surface area (Å²) in [7, 11) is 0. The van der Waals surface area contributed by atoms with Crippen LogP contribution in [0.4, 0.5) is 5.69 Å². The highest BCUT2D eigenvalue weighted by atomic mass is 16.2. The second kappa shape index (κ2) is 9.86. The molecule has 0 aliphatic carbocycles. The molecule has 0 radical (unpaired) electrons. The van der Waals surface area contributed by atoms with Gasteiger partial charge >= 0.3 is 0 Å². The standard InChI is InChI=1S/C25H28N2O/c1-20(2)23-13-15-24(16-14-23)26-25(28)19-27(17-21-9-5-3-6-10-21)18-22-11-7-4-8-12-22/h3-16,20H,17-19H2,1-2H3,(H,26,28). The fourth-order valence-electron chi connectivity index (χ4n) is 3.21. The Morgan fingerprint density at radius 3 is 1.75 bits per heavy atom. The fourth-order valence-corrected chi connectivity index (χ4v) is 3.21. The van der Waals surface area contributed by atoms with E-state index in [0.717, 1.165) is 18.8 Å². The molecule has 0 atom stereocenters. The molecule has 0 heterocycles. The van der Waals surface area contributed by atoms with Crippen molar-refractivity contribution in [3.63, 3.8) is 0 Å². The van der Waals surface area contributed by atoms with Crippen molar-refractivity contribution in [2.75, 3.05) is 11.9 Å². The molecule has 0 bridgehead atoms. The van der Waals surface area contributed by atoms with Crippen LogP contribution in [0.1, 0.15) is 36.5 Å². The van der Waals surface area contributed by atoms with Gasteiger partial charge in [-0.25, -0.2) is 0 Å². The average molecular weight is 373 g/mol. The van der Waals surface area contributed by atoms with Gasteiger partial charge in [0.15, 0.2) is 0 Å². The molecule has 3 rings (SSSR count). The Kier molecular flexibility index (Phi) is 6.99. The summed E-state index contributed by atoms with van der Waals surface area (Å²) < 4.78 is 0. The van der Waals surface area contributed by atoms with Crippen molar-refractivity contribution in [3.8, 4) is 0 Å². The Morgan fingerprint density at radius 1 is 0.786 bits per heavy atom. The number of carbonyl (C=O) groups excluding carboxylic acids is 1. The third-order valence-corrected chi connectivity index (χ3v) is 4.73. The second-order valence-corrected chi connectivity index (χ2v) is 7.44. The van der Waals surface area contributed by atoms with Crippen LogP contribution >= 0.6 is 0 Å². The maximum atomic E-state index is 12.7. The number of nitrogens with one attached hydrogen (secondary N) is 1. The lowest BCUT2D eigenvalue weighted by Gasteiger charge is -2.22. The maximum absolute atomic E-state index is 12.7. The number of rotatable bonds is 8. The van der Waals surface area contributed by atoms with Crippen LogP contribution in [0.5, 0.6) is 0 Å². The monoisotopic (exact) mass is 372 g/mol. The Morgan fingerprint density at radius 2 is 1.29 bits per heavy atom. The molecule has 0 spiro atoms.